The number of esters is 1. The fourth-order valence-electron chi connectivity index (χ4n) is 2.71. The molecular weight excluding hydrogens is 442 g/mol. The van der Waals surface area contributed by atoms with Crippen LogP contribution in [-0.4, -0.2) is 34.9 Å². The second-order valence-electron chi connectivity index (χ2n) is 6.49. The van der Waals surface area contributed by atoms with Crippen molar-refractivity contribution in [2.45, 2.75) is 25.7 Å². The standard InChI is InChI=1S/C21H20ClN3O5S/c1-12-5-4-6-13(2)19(12)29-10-18-24-25-21(30-18)31-11-17(26)23-14-7-8-16(22)15(9-14)20(27)28-3/h4-9H,10-11H2,1-3H3,(H,23,26). The van der Waals surface area contributed by atoms with E-state index in [1.54, 1.807) is 6.07 Å². The van der Waals surface area contributed by atoms with Crippen LogP contribution in [0.5, 0.6) is 5.75 Å². The van der Waals surface area contributed by atoms with E-state index >= 15 is 0 Å². The third-order valence-electron chi connectivity index (χ3n) is 4.18. The molecule has 0 spiro atoms. The number of aromatic nitrogens is 2. The minimum atomic E-state index is -0.586. The second kappa shape index (κ2) is 10.3. The third kappa shape index (κ3) is 5.99. The molecule has 31 heavy (non-hydrogen) atoms. The Hall–Kier alpha value is -3.04. The van der Waals surface area contributed by atoms with Crippen molar-refractivity contribution in [3.8, 4) is 5.75 Å². The van der Waals surface area contributed by atoms with E-state index in [0.29, 0.717) is 11.6 Å². The Bertz CT molecular complexity index is 1080. The number of hydrogen-bond donors (Lipinski definition) is 1. The Morgan fingerprint density at radius 1 is 1.16 bits per heavy atom. The molecule has 1 N–H and O–H groups in total. The van der Waals surface area contributed by atoms with Crippen LogP contribution < -0.4 is 10.1 Å². The number of thioether (sulfide) groups is 1. The number of hydrogen-bond acceptors (Lipinski definition) is 8. The summed E-state index contributed by atoms with van der Waals surface area (Å²) in [4.78, 5) is 23.9. The lowest BCUT2D eigenvalue weighted by Crippen LogP contribution is -2.14. The first-order chi connectivity index (χ1) is 14.9. The normalized spacial score (nSPS) is 10.6. The first kappa shape index (κ1) is 22.6. The highest BCUT2D eigenvalue weighted by Crippen LogP contribution is 2.25. The van der Waals surface area contributed by atoms with Crippen LogP contribution in [0.15, 0.2) is 46.0 Å². The van der Waals surface area contributed by atoms with Crippen LogP contribution in [0, 0.1) is 13.8 Å². The number of benzene rings is 2. The number of para-hydroxylation sites is 1. The van der Waals surface area contributed by atoms with E-state index in [1.165, 1.54) is 19.2 Å². The van der Waals surface area contributed by atoms with E-state index < -0.39 is 5.97 Å². The first-order valence-electron chi connectivity index (χ1n) is 9.19. The maximum absolute atomic E-state index is 12.2. The number of carbonyl (C=O) groups excluding carboxylic acids is 2. The molecule has 2 aromatic carbocycles. The maximum atomic E-state index is 12.2. The van der Waals surface area contributed by atoms with E-state index in [2.05, 4.69) is 20.3 Å². The van der Waals surface area contributed by atoms with Gasteiger partial charge < -0.3 is 19.2 Å². The quantitative estimate of drug-likeness (QED) is 0.388. The zero-order valence-corrected chi connectivity index (χ0v) is 18.7. The Labute approximate surface area is 188 Å². The zero-order chi connectivity index (χ0) is 22.4. The van der Waals surface area contributed by atoms with Crippen LogP contribution in [0.4, 0.5) is 5.69 Å². The zero-order valence-electron chi connectivity index (χ0n) is 17.1. The summed E-state index contributed by atoms with van der Waals surface area (Å²) in [5.41, 5.74) is 2.62. The summed E-state index contributed by atoms with van der Waals surface area (Å²) >= 11 is 7.07. The van der Waals surface area contributed by atoms with Crippen molar-refractivity contribution in [2.24, 2.45) is 0 Å². The molecule has 10 heteroatoms. The van der Waals surface area contributed by atoms with Crippen molar-refractivity contribution in [3.63, 3.8) is 0 Å². The van der Waals surface area contributed by atoms with E-state index in [-0.39, 0.29) is 34.1 Å². The van der Waals surface area contributed by atoms with Gasteiger partial charge in [-0.05, 0) is 43.2 Å². The topological polar surface area (TPSA) is 104 Å². The smallest absolute Gasteiger partial charge is 0.339 e. The van der Waals surface area contributed by atoms with Gasteiger partial charge in [0.2, 0.25) is 5.91 Å². The van der Waals surface area contributed by atoms with E-state index in [4.69, 9.17) is 20.8 Å². The lowest BCUT2D eigenvalue weighted by atomic mass is 10.1. The van der Waals surface area contributed by atoms with Gasteiger partial charge in [-0.3, -0.25) is 4.79 Å². The molecule has 0 radical (unpaired) electrons. The summed E-state index contributed by atoms with van der Waals surface area (Å²) < 4.78 is 16.0. The summed E-state index contributed by atoms with van der Waals surface area (Å²) in [5, 5.41) is 11.0. The van der Waals surface area contributed by atoms with Crippen LogP contribution in [0.1, 0.15) is 27.4 Å². The van der Waals surface area contributed by atoms with Crippen LogP contribution in [0.2, 0.25) is 5.02 Å². The Morgan fingerprint density at radius 3 is 2.61 bits per heavy atom. The van der Waals surface area contributed by atoms with Gasteiger partial charge in [-0.25, -0.2) is 4.79 Å². The van der Waals surface area contributed by atoms with Gasteiger partial charge in [0.15, 0.2) is 6.61 Å². The van der Waals surface area contributed by atoms with Gasteiger partial charge in [0, 0.05) is 5.69 Å². The average molecular weight is 462 g/mol. The number of nitrogens with one attached hydrogen (secondary N) is 1. The van der Waals surface area contributed by atoms with Gasteiger partial charge in [0.1, 0.15) is 5.75 Å². The van der Waals surface area contributed by atoms with E-state index in [9.17, 15) is 9.59 Å². The number of anilines is 1. The summed E-state index contributed by atoms with van der Waals surface area (Å²) in [6.07, 6.45) is 0. The summed E-state index contributed by atoms with van der Waals surface area (Å²) in [6, 6.07) is 10.4. The second-order valence-corrected chi connectivity index (χ2v) is 7.83. The fraction of sp³-hybridized carbons (Fsp3) is 0.238. The number of methoxy groups -OCH3 is 1. The molecule has 8 nitrogen and oxygen atoms in total. The Kier molecular flexibility index (Phi) is 7.54. The number of carbonyl (C=O) groups is 2. The fourth-order valence-corrected chi connectivity index (χ4v) is 3.48. The molecular formula is C21H20ClN3O5S. The van der Waals surface area contributed by atoms with Crippen molar-refractivity contribution in [2.75, 3.05) is 18.2 Å². The van der Waals surface area contributed by atoms with Crippen molar-refractivity contribution in [1.82, 2.24) is 10.2 Å². The highest BCUT2D eigenvalue weighted by Gasteiger charge is 2.14. The monoisotopic (exact) mass is 461 g/mol. The van der Waals surface area contributed by atoms with Gasteiger partial charge in [-0.2, -0.15) is 0 Å². The van der Waals surface area contributed by atoms with E-state index in [0.717, 1.165) is 28.6 Å². The maximum Gasteiger partial charge on any atom is 0.339 e. The highest BCUT2D eigenvalue weighted by atomic mass is 35.5. The average Bonchev–Trinajstić information content (AvgIpc) is 3.20. The Morgan fingerprint density at radius 2 is 1.90 bits per heavy atom. The number of halogens is 1. The van der Waals surface area contributed by atoms with Crippen molar-refractivity contribution in [3.05, 3.63) is 64.0 Å². The SMILES string of the molecule is COC(=O)c1cc(NC(=O)CSc2nnc(COc3c(C)cccc3C)o2)ccc1Cl. The van der Waals surface area contributed by atoms with Gasteiger partial charge in [0.25, 0.3) is 11.1 Å². The lowest BCUT2D eigenvalue weighted by molar-refractivity contribution is -0.113. The molecule has 1 aromatic heterocycles. The van der Waals surface area contributed by atoms with Gasteiger partial charge >= 0.3 is 5.97 Å². The summed E-state index contributed by atoms with van der Waals surface area (Å²) in [7, 11) is 1.26. The number of aryl methyl sites for hydroxylation is 2. The third-order valence-corrected chi connectivity index (χ3v) is 5.33. The molecule has 0 atom stereocenters. The number of ether oxygens (including phenoxy) is 2. The van der Waals surface area contributed by atoms with Crippen molar-refractivity contribution >= 4 is 40.9 Å². The molecule has 1 amide bonds. The number of nitrogens with zero attached hydrogens (tertiary/aromatic N) is 2. The van der Waals surface area contributed by atoms with Gasteiger partial charge in [-0.1, -0.05) is 41.6 Å². The van der Waals surface area contributed by atoms with Crippen LogP contribution >= 0.6 is 23.4 Å². The molecule has 0 unspecified atom stereocenters. The molecule has 0 aliphatic heterocycles. The van der Waals surface area contributed by atoms with Crippen molar-refractivity contribution < 1.29 is 23.5 Å². The molecule has 0 aliphatic rings. The number of amides is 1. The van der Waals surface area contributed by atoms with Crippen molar-refractivity contribution in [1.29, 1.82) is 0 Å². The van der Waals surface area contributed by atoms with Crippen LogP contribution in [-0.2, 0) is 16.1 Å². The summed E-state index contributed by atoms with van der Waals surface area (Å²) in [6.45, 7) is 4.06. The minimum absolute atomic E-state index is 0.0373. The molecule has 0 aliphatic carbocycles. The van der Waals surface area contributed by atoms with E-state index in [1.807, 2.05) is 32.0 Å². The molecule has 0 saturated heterocycles. The minimum Gasteiger partial charge on any atom is -0.483 e. The molecule has 162 valence electrons. The van der Waals surface area contributed by atoms with Crippen LogP contribution in [0.3, 0.4) is 0 Å². The molecule has 1 heterocycles. The highest BCUT2D eigenvalue weighted by molar-refractivity contribution is 7.99. The molecule has 3 aromatic rings. The van der Waals surface area contributed by atoms with Crippen LogP contribution in [0.25, 0.3) is 0 Å². The lowest BCUT2D eigenvalue weighted by Gasteiger charge is -2.09. The molecule has 0 bridgehead atoms. The summed E-state index contributed by atoms with van der Waals surface area (Å²) in [5.74, 6) is 0.233. The van der Waals surface area contributed by atoms with Gasteiger partial charge in [-0.15, -0.1) is 10.2 Å². The number of rotatable bonds is 8. The largest absolute Gasteiger partial charge is 0.483 e. The predicted molar refractivity (Wildman–Crippen MR) is 117 cm³/mol. The predicted octanol–water partition coefficient (Wildman–Crippen LogP) is 4.44. The van der Waals surface area contributed by atoms with Gasteiger partial charge in [0.05, 0.1) is 23.4 Å². The Balaban J connectivity index is 1.52. The molecule has 3 rings (SSSR count). The molecule has 0 saturated carbocycles. The molecule has 0 fully saturated rings. The first-order valence-corrected chi connectivity index (χ1v) is 10.6.